The molecule has 0 radical (unpaired) electrons. The van der Waals surface area contributed by atoms with Crippen LogP contribution in [0, 0.1) is 0 Å². The molecule has 0 bridgehead atoms. The van der Waals surface area contributed by atoms with E-state index in [0.717, 1.165) is 5.56 Å². The lowest BCUT2D eigenvalue weighted by molar-refractivity contribution is -0.174. The Hall–Kier alpha value is -1.07. The summed E-state index contributed by atoms with van der Waals surface area (Å²) in [6.07, 6.45) is -2.40. The predicted octanol–water partition coefficient (Wildman–Crippen LogP) is 3.31. The minimum absolute atomic E-state index is 0.0844. The van der Waals surface area contributed by atoms with Gasteiger partial charge in [-0.15, -0.1) is 0 Å². The second-order valence-electron chi connectivity index (χ2n) is 5.09. The minimum atomic E-state index is -4.25. The fourth-order valence-corrected chi connectivity index (χ4v) is 1.92. The van der Waals surface area contributed by atoms with Gasteiger partial charge < -0.3 is 10.5 Å². The molecule has 1 atom stereocenters. The van der Waals surface area contributed by atoms with E-state index in [4.69, 9.17) is 5.73 Å². The Bertz CT molecular complexity index is 363. The largest absolute Gasteiger partial charge is 0.411 e. The van der Waals surface area contributed by atoms with Crippen LogP contribution in [0.25, 0.3) is 0 Å². The molecule has 1 unspecified atom stereocenters. The summed E-state index contributed by atoms with van der Waals surface area (Å²) in [6.45, 7) is 0.803. The van der Waals surface area contributed by atoms with Gasteiger partial charge in [-0.1, -0.05) is 30.3 Å². The second-order valence-corrected chi connectivity index (χ2v) is 5.09. The van der Waals surface area contributed by atoms with Crippen LogP contribution in [-0.2, 0) is 11.2 Å². The van der Waals surface area contributed by atoms with Crippen molar-refractivity contribution in [2.45, 2.75) is 37.9 Å². The van der Waals surface area contributed by atoms with E-state index >= 15 is 0 Å². The van der Waals surface area contributed by atoms with Crippen LogP contribution in [0.3, 0.4) is 0 Å². The number of alkyl halides is 3. The van der Waals surface area contributed by atoms with Crippen LogP contribution < -0.4 is 5.73 Å². The number of hydrogen-bond donors (Lipinski definition) is 1. The molecular formula is C14H20F3NO. The van der Waals surface area contributed by atoms with Crippen molar-refractivity contribution in [2.75, 3.05) is 13.2 Å². The Balaban J connectivity index is 2.24. The minimum Gasteiger partial charge on any atom is -0.372 e. The number of benzene rings is 1. The zero-order valence-electron chi connectivity index (χ0n) is 11.0. The van der Waals surface area contributed by atoms with Crippen molar-refractivity contribution < 1.29 is 17.9 Å². The van der Waals surface area contributed by atoms with Gasteiger partial charge in [0.25, 0.3) is 0 Å². The maximum absolute atomic E-state index is 11.9. The van der Waals surface area contributed by atoms with E-state index in [0.29, 0.717) is 19.3 Å². The third kappa shape index (κ3) is 7.85. The zero-order chi connectivity index (χ0) is 14.4. The number of halogens is 3. The number of nitrogens with two attached hydrogens (primary N) is 1. The highest BCUT2D eigenvalue weighted by Crippen LogP contribution is 2.17. The highest BCUT2D eigenvalue weighted by molar-refractivity contribution is 5.17. The third-order valence-electron chi connectivity index (χ3n) is 2.75. The summed E-state index contributed by atoms with van der Waals surface area (Å²) in [4.78, 5) is 0. The molecule has 0 aliphatic carbocycles. The molecule has 0 saturated carbocycles. The van der Waals surface area contributed by atoms with E-state index in [1.807, 2.05) is 37.3 Å². The van der Waals surface area contributed by atoms with Crippen molar-refractivity contribution in [1.29, 1.82) is 0 Å². The molecule has 0 amide bonds. The fraction of sp³-hybridized carbons (Fsp3) is 0.571. The molecule has 1 aromatic carbocycles. The lowest BCUT2D eigenvalue weighted by atomic mass is 9.89. The first-order chi connectivity index (χ1) is 8.79. The Morgan fingerprint density at radius 3 is 2.37 bits per heavy atom. The first kappa shape index (κ1) is 16.0. The van der Waals surface area contributed by atoms with Gasteiger partial charge in [0.15, 0.2) is 0 Å². The van der Waals surface area contributed by atoms with Crippen LogP contribution >= 0.6 is 0 Å². The Labute approximate surface area is 111 Å². The molecule has 2 N–H and O–H groups in total. The Kier molecular flexibility index (Phi) is 5.82. The molecule has 1 aromatic rings. The van der Waals surface area contributed by atoms with E-state index in [1.54, 1.807) is 0 Å². The standard InChI is InChI=1S/C14H20F3NO/c1-13(18,10-12-6-3-2-4-7-12)8-5-9-19-11-14(15,16)17/h2-4,6-7H,5,8-11,18H2,1H3. The molecule has 0 heterocycles. The zero-order valence-corrected chi connectivity index (χ0v) is 11.0. The molecule has 5 heteroatoms. The Morgan fingerprint density at radius 1 is 1.16 bits per heavy atom. The molecule has 108 valence electrons. The highest BCUT2D eigenvalue weighted by atomic mass is 19.4. The number of hydrogen-bond acceptors (Lipinski definition) is 2. The number of rotatable bonds is 7. The summed E-state index contributed by atoms with van der Waals surface area (Å²) in [5.74, 6) is 0. The van der Waals surface area contributed by atoms with Gasteiger partial charge in [0.1, 0.15) is 6.61 Å². The summed E-state index contributed by atoms with van der Waals surface area (Å²) >= 11 is 0. The summed E-state index contributed by atoms with van der Waals surface area (Å²) in [5, 5.41) is 0. The molecular weight excluding hydrogens is 255 g/mol. The Morgan fingerprint density at radius 2 is 1.79 bits per heavy atom. The van der Waals surface area contributed by atoms with Gasteiger partial charge in [0.05, 0.1) is 0 Å². The van der Waals surface area contributed by atoms with Crippen LogP contribution in [0.4, 0.5) is 13.2 Å². The van der Waals surface area contributed by atoms with E-state index in [9.17, 15) is 13.2 Å². The van der Waals surface area contributed by atoms with Gasteiger partial charge in [0.2, 0.25) is 0 Å². The molecule has 0 fully saturated rings. The van der Waals surface area contributed by atoms with Gasteiger partial charge in [0, 0.05) is 12.1 Å². The fourth-order valence-electron chi connectivity index (χ4n) is 1.92. The average Bonchev–Trinajstić information content (AvgIpc) is 2.27. The lowest BCUT2D eigenvalue weighted by Crippen LogP contribution is -2.38. The van der Waals surface area contributed by atoms with Crippen molar-refractivity contribution in [2.24, 2.45) is 5.73 Å². The van der Waals surface area contributed by atoms with E-state index < -0.39 is 18.3 Å². The quantitative estimate of drug-likeness (QED) is 0.775. The molecule has 0 aliphatic rings. The molecule has 0 aliphatic heterocycles. The maximum Gasteiger partial charge on any atom is 0.411 e. The number of ether oxygens (including phenoxy) is 1. The van der Waals surface area contributed by atoms with Crippen LogP contribution in [0.15, 0.2) is 30.3 Å². The van der Waals surface area contributed by atoms with Crippen molar-refractivity contribution in [3.63, 3.8) is 0 Å². The van der Waals surface area contributed by atoms with Crippen LogP contribution in [0.2, 0.25) is 0 Å². The first-order valence-corrected chi connectivity index (χ1v) is 6.26. The normalized spacial score (nSPS) is 15.2. The topological polar surface area (TPSA) is 35.2 Å². The maximum atomic E-state index is 11.9. The van der Waals surface area contributed by atoms with Crippen LogP contribution in [0.1, 0.15) is 25.3 Å². The van der Waals surface area contributed by atoms with Crippen molar-refractivity contribution in [3.05, 3.63) is 35.9 Å². The summed E-state index contributed by atoms with van der Waals surface area (Å²) < 4.78 is 40.1. The van der Waals surface area contributed by atoms with E-state index in [1.165, 1.54) is 0 Å². The molecule has 0 spiro atoms. The van der Waals surface area contributed by atoms with Gasteiger partial charge in [-0.3, -0.25) is 0 Å². The van der Waals surface area contributed by atoms with E-state index in [2.05, 4.69) is 4.74 Å². The predicted molar refractivity (Wildman–Crippen MR) is 68.8 cm³/mol. The SMILES string of the molecule is CC(N)(CCCOCC(F)(F)F)Cc1ccccc1. The van der Waals surface area contributed by atoms with Gasteiger partial charge >= 0.3 is 6.18 Å². The van der Waals surface area contributed by atoms with Gasteiger partial charge in [-0.05, 0) is 31.7 Å². The average molecular weight is 275 g/mol. The summed E-state index contributed by atoms with van der Waals surface area (Å²) in [7, 11) is 0. The summed E-state index contributed by atoms with van der Waals surface area (Å²) in [6, 6.07) is 9.80. The van der Waals surface area contributed by atoms with Crippen molar-refractivity contribution in [1.82, 2.24) is 0 Å². The van der Waals surface area contributed by atoms with Gasteiger partial charge in [-0.25, -0.2) is 0 Å². The lowest BCUT2D eigenvalue weighted by Gasteiger charge is -2.24. The third-order valence-corrected chi connectivity index (χ3v) is 2.75. The van der Waals surface area contributed by atoms with Gasteiger partial charge in [-0.2, -0.15) is 13.2 Å². The van der Waals surface area contributed by atoms with Crippen molar-refractivity contribution in [3.8, 4) is 0 Å². The van der Waals surface area contributed by atoms with Crippen LogP contribution in [0.5, 0.6) is 0 Å². The summed E-state index contributed by atoms with van der Waals surface area (Å²) in [5.41, 5.74) is 6.84. The molecule has 1 rings (SSSR count). The highest BCUT2D eigenvalue weighted by Gasteiger charge is 2.27. The molecule has 0 aromatic heterocycles. The van der Waals surface area contributed by atoms with E-state index in [-0.39, 0.29) is 6.61 Å². The first-order valence-electron chi connectivity index (χ1n) is 6.26. The van der Waals surface area contributed by atoms with Crippen LogP contribution in [-0.4, -0.2) is 24.9 Å². The molecule has 0 saturated heterocycles. The van der Waals surface area contributed by atoms with Crippen molar-refractivity contribution >= 4 is 0 Å². The smallest absolute Gasteiger partial charge is 0.372 e. The second kappa shape index (κ2) is 6.91. The molecule has 19 heavy (non-hydrogen) atoms. The monoisotopic (exact) mass is 275 g/mol. The molecule has 2 nitrogen and oxygen atoms in total.